The van der Waals surface area contributed by atoms with E-state index in [1.54, 1.807) is 0 Å². The molecule has 0 saturated heterocycles. The van der Waals surface area contributed by atoms with Crippen LogP contribution in [0.5, 0.6) is 0 Å². The number of aryl methyl sites for hydroxylation is 8. The Morgan fingerprint density at radius 2 is 0.761 bits per heavy atom. The summed E-state index contributed by atoms with van der Waals surface area (Å²) < 4.78 is 5.42. The molecule has 0 unspecified atom stereocenters. The van der Waals surface area contributed by atoms with E-state index in [0.29, 0.717) is 0 Å². The van der Waals surface area contributed by atoms with Crippen molar-refractivity contribution in [1.82, 2.24) is 9.05 Å². The van der Waals surface area contributed by atoms with Crippen LogP contribution in [0.2, 0.25) is 0 Å². The molecule has 0 atom stereocenters. The van der Waals surface area contributed by atoms with Gasteiger partial charge in [-0.1, -0.05) is 127 Å². The molecule has 338 valence electrons. The van der Waals surface area contributed by atoms with Gasteiger partial charge < -0.3 is 9.05 Å². The smallest absolute Gasteiger partial charge is 0.333 e. The Balaban J connectivity index is 1.18. The first kappa shape index (κ1) is 41.8. The topological polar surface area (TPSA) is 9.86 Å². The van der Waals surface area contributed by atoms with Gasteiger partial charge in [0.2, 0.25) is 0 Å². The quantitative estimate of drug-likeness (QED) is 0.152. The minimum absolute atomic E-state index is 0.0901. The lowest BCUT2D eigenvalue weighted by molar-refractivity contribution is 1.17. The largest absolute Gasteiger partial charge is 0.375 e. The highest BCUT2D eigenvalue weighted by Crippen LogP contribution is 2.49. The fourth-order valence-corrected chi connectivity index (χ4v) is 13.6. The molecule has 0 spiro atoms. The molecule has 0 bridgehead atoms. The molecule has 2 aliphatic heterocycles. The molecule has 4 heterocycles. The third-order valence-electron chi connectivity index (χ3n) is 16.5. The van der Waals surface area contributed by atoms with Crippen LogP contribution in [-0.2, 0) is 0 Å². The molecule has 10 aromatic carbocycles. The van der Waals surface area contributed by atoms with Crippen molar-refractivity contribution in [1.29, 1.82) is 0 Å². The number of hydrogen-bond donors (Lipinski definition) is 0. The van der Waals surface area contributed by atoms with Gasteiger partial charge in [-0.3, -0.25) is 0 Å². The van der Waals surface area contributed by atoms with Crippen molar-refractivity contribution in [2.24, 2.45) is 0 Å². The van der Waals surface area contributed by atoms with Crippen LogP contribution in [-0.4, -0.2) is 15.9 Å². The van der Waals surface area contributed by atoms with E-state index < -0.39 is 0 Å². The van der Waals surface area contributed by atoms with Crippen molar-refractivity contribution in [3.8, 4) is 72.4 Å². The lowest BCUT2D eigenvalue weighted by atomic mass is 9.45. The summed E-state index contributed by atoms with van der Waals surface area (Å²) in [5.74, 6) is 0. The highest BCUT2D eigenvalue weighted by atomic mass is 15.0. The van der Waals surface area contributed by atoms with Crippen LogP contribution in [0, 0.1) is 55.4 Å². The summed E-state index contributed by atoms with van der Waals surface area (Å²) in [6.45, 7) is 18.0. The maximum atomic E-state index is 2.75. The summed E-state index contributed by atoms with van der Waals surface area (Å²) in [7, 11) is 0. The molecule has 3 heteroatoms. The fourth-order valence-electron chi connectivity index (χ4n) is 13.6. The van der Waals surface area contributed by atoms with Gasteiger partial charge in [-0.15, -0.1) is 0 Å². The van der Waals surface area contributed by atoms with Gasteiger partial charge in [0.1, 0.15) is 0 Å². The van der Waals surface area contributed by atoms with Gasteiger partial charge in [-0.05, 0) is 215 Å². The van der Waals surface area contributed by atoms with E-state index in [9.17, 15) is 0 Å². The fraction of sp³-hybridized carbons (Fsp3) is 0.118. The highest BCUT2D eigenvalue weighted by molar-refractivity contribution is 6.90. The SMILES string of the molecule is Cc1cccc(C)c1-c1ccc2c(c1)c1cc(-c3c(C)cccc3C)cc3c1n2B1c2c-3cccc2-n2c3c1cc(-c1c(C)cccc1C)cc3c1cc(-c3c(C)cccc3C)cc(-c3ccccc3)c12. The molecule has 0 N–H and O–H groups in total. The second kappa shape index (κ2) is 15.2. The van der Waals surface area contributed by atoms with Crippen LogP contribution in [0.25, 0.3) is 116 Å². The normalized spacial score (nSPS) is 12.5. The zero-order chi connectivity index (χ0) is 48.1. The summed E-state index contributed by atoms with van der Waals surface area (Å²) in [4.78, 5) is 0. The van der Waals surface area contributed by atoms with Crippen molar-refractivity contribution >= 4 is 61.4 Å². The van der Waals surface area contributed by atoms with Crippen molar-refractivity contribution in [3.05, 3.63) is 220 Å². The van der Waals surface area contributed by atoms with E-state index >= 15 is 0 Å². The average molecular weight is 909 g/mol. The van der Waals surface area contributed by atoms with Crippen LogP contribution in [0.15, 0.2) is 176 Å². The Labute approximate surface area is 416 Å². The molecule has 2 aromatic heterocycles. The molecule has 0 amide bonds. The first-order valence-corrected chi connectivity index (χ1v) is 25.3. The molecular weight excluding hydrogens is 856 g/mol. The second-order valence-electron chi connectivity index (χ2n) is 20.8. The Morgan fingerprint density at radius 1 is 0.310 bits per heavy atom. The Bertz CT molecular complexity index is 4230. The van der Waals surface area contributed by atoms with Crippen LogP contribution in [0.1, 0.15) is 44.5 Å². The van der Waals surface area contributed by atoms with E-state index in [0.717, 1.165) is 0 Å². The van der Waals surface area contributed by atoms with E-state index in [1.807, 2.05) is 0 Å². The van der Waals surface area contributed by atoms with Gasteiger partial charge in [0.15, 0.2) is 0 Å². The predicted molar refractivity (Wildman–Crippen MR) is 305 cm³/mol. The number of nitrogens with zero attached hydrogens (tertiary/aromatic N) is 2. The molecular formula is C68H53BN2. The summed E-state index contributed by atoms with van der Waals surface area (Å²) >= 11 is 0. The zero-order valence-electron chi connectivity index (χ0n) is 41.7. The number of hydrogen-bond acceptors (Lipinski definition) is 0. The van der Waals surface area contributed by atoms with E-state index in [2.05, 4.69) is 240 Å². The lowest BCUT2D eigenvalue weighted by Crippen LogP contribution is -2.55. The Hall–Kier alpha value is -8.14. The Morgan fingerprint density at radius 3 is 1.31 bits per heavy atom. The maximum Gasteiger partial charge on any atom is 0.333 e. The van der Waals surface area contributed by atoms with Gasteiger partial charge >= 0.3 is 6.85 Å². The molecule has 0 radical (unpaired) electrons. The van der Waals surface area contributed by atoms with Gasteiger partial charge in [-0.2, -0.15) is 0 Å². The number of benzene rings is 10. The summed E-state index contributed by atoms with van der Waals surface area (Å²) in [6.07, 6.45) is 0. The molecule has 2 aliphatic rings. The third-order valence-corrected chi connectivity index (χ3v) is 16.5. The lowest BCUT2D eigenvalue weighted by Gasteiger charge is -2.34. The minimum atomic E-state index is -0.0901. The van der Waals surface area contributed by atoms with Crippen molar-refractivity contribution < 1.29 is 0 Å². The number of rotatable bonds is 5. The van der Waals surface area contributed by atoms with E-state index in [-0.39, 0.29) is 6.85 Å². The monoisotopic (exact) mass is 908 g/mol. The minimum Gasteiger partial charge on any atom is -0.375 e. The molecule has 0 saturated carbocycles. The van der Waals surface area contributed by atoms with E-state index in [1.165, 1.54) is 171 Å². The zero-order valence-corrected chi connectivity index (χ0v) is 41.7. The first-order chi connectivity index (χ1) is 34.5. The number of fused-ring (bicyclic) bond motifs is 10. The first-order valence-electron chi connectivity index (χ1n) is 25.3. The summed E-state index contributed by atoms with van der Waals surface area (Å²) in [5.41, 5.74) is 34.8. The van der Waals surface area contributed by atoms with Gasteiger partial charge in [0.05, 0.1) is 11.0 Å². The third kappa shape index (κ3) is 5.84. The predicted octanol–water partition coefficient (Wildman–Crippen LogP) is 16.6. The highest BCUT2D eigenvalue weighted by Gasteiger charge is 2.42. The molecule has 12 aromatic rings. The standard InChI is InChI=1S/C68H53BN2/c1-38-17-12-18-39(2)61(38)47-29-30-59-53(31-47)55-34-49(63-42(5)21-14-22-43(63)6)33-54-51-27-16-28-60-65(51)69(71(59)67(54)55)58-37-50(64-44(7)23-15-24-45(64)8)36-57-56-35-48(62-40(3)19-13-20-41(62)4)32-52(46-25-10-9-11-26-46)66(56)70(60)68(57)58/h9-37H,1-8H3. The van der Waals surface area contributed by atoms with Crippen LogP contribution in [0.3, 0.4) is 0 Å². The van der Waals surface area contributed by atoms with Crippen LogP contribution in [0.4, 0.5) is 0 Å². The van der Waals surface area contributed by atoms with Crippen molar-refractivity contribution in [2.75, 3.05) is 0 Å². The molecule has 0 fully saturated rings. The summed E-state index contributed by atoms with van der Waals surface area (Å²) in [6, 6.07) is 67.6. The van der Waals surface area contributed by atoms with Crippen LogP contribution < -0.4 is 10.9 Å². The number of aromatic nitrogens is 2. The van der Waals surface area contributed by atoms with Crippen molar-refractivity contribution in [2.45, 2.75) is 55.4 Å². The van der Waals surface area contributed by atoms with E-state index in [4.69, 9.17) is 0 Å². The molecule has 0 aliphatic carbocycles. The van der Waals surface area contributed by atoms with Crippen LogP contribution >= 0.6 is 0 Å². The molecule has 71 heavy (non-hydrogen) atoms. The van der Waals surface area contributed by atoms with Gasteiger partial charge in [0.25, 0.3) is 0 Å². The average Bonchev–Trinajstić information content (AvgIpc) is 3.87. The summed E-state index contributed by atoms with van der Waals surface area (Å²) in [5, 5.41) is 5.16. The Kier molecular flexibility index (Phi) is 8.94. The van der Waals surface area contributed by atoms with Crippen molar-refractivity contribution in [3.63, 3.8) is 0 Å². The molecule has 14 rings (SSSR count). The maximum absolute atomic E-state index is 2.75. The molecule has 2 nitrogen and oxygen atoms in total. The second-order valence-corrected chi connectivity index (χ2v) is 20.8. The van der Waals surface area contributed by atoms with Gasteiger partial charge in [-0.25, -0.2) is 0 Å². The van der Waals surface area contributed by atoms with Gasteiger partial charge in [0, 0.05) is 49.4 Å².